The first-order valence-corrected chi connectivity index (χ1v) is 9.61. The third-order valence-corrected chi connectivity index (χ3v) is 4.67. The van der Waals surface area contributed by atoms with Gasteiger partial charge in [0.2, 0.25) is 0 Å². The van der Waals surface area contributed by atoms with Crippen molar-refractivity contribution in [2.75, 3.05) is 0 Å². The van der Waals surface area contributed by atoms with Crippen LogP contribution in [0, 0.1) is 0 Å². The van der Waals surface area contributed by atoms with E-state index in [1.807, 2.05) is 66.7 Å². The Kier molecular flexibility index (Phi) is 5.61. The zero-order valence-corrected chi connectivity index (χ0v) is 16.4. The van der Waals surface area contributed by atoms with E-state index in [0.29, 0.717) is 11.3 Å². The second-order valence-corrected chi connectivity index (χ2v) is 6.86. The average Bonchev–Trinajstić information content (AvgIpc) is 2.78. The lowest BCUT2D eigenvalue weighted by Gasteiger charge is -2.15. The van der Waals surface area contributed by atoms with E-state index in [1.54, 1.807) is 19.1 Å². The highest BCUT2D eigenvalue weighted by Crippen LogP contribution is 2.29. The van der Waals surface area contributed by atoms with Crippen LogP contribution in [0.3, 0.4) is 0 Å². The molecule has 0 aliphatic heterocycles. The van der Waals surface area contributed by atoms with Crippen LogP contribution >= 0.6 is 0 Å². The number of carbonyl (C=O) groups excluding carboxylic acids is 1. The molecule has 5 heteroatoms. The second-order valence-electron chi connectivity index (χ2n) is 6.86. The van der Waals surface area contributed by atoms with Crippen LogP contribution < -0.4 is 10.4 Å². The molecule has 5 nitrogen and oxygen atoms in total. The van der Waals surface area contributed by atoms with Gasteiger partial charge in [0.15, 0.2) is 6.10 Å². The van der Waals surface area contributed by atoms with Crippen LogP contribution in [-0.4, -0.2) is 12.1 Å². The van der Waals surface area contributed by atoms with Gasteiger partial charge in [-0.2, -0.15) is 0 Å². The molecule has 3 aromatic carbocycles. The Balaban J connectivity index is 1.52. The van der Waals surface area contributed by atoms with E-state index >= 15 is 0 Å². The Morgan fingerprint density at radius 2 is 1.63 bits per heavy atom. The van der Waals surface area contributed by atoms with Crippen LogP contribution in [0.15, 0.2) is 94.1 Å². The summed E-state index contributed by atoms with van der Waals surface area (Å²) in [4.78, 5) is 24.3. The summed E-state index contributed by atoms with van der Waals surface area (Å²) in [5, 5.41) is 0.785. The summed E-state index contributed by atoms with van der Waals surface area (Å²) in [7, 11) is 0. The highest BCUT2D eigenvalue weighted by molar-refractivity contribution is 5.93. The highest BCUT2D eigenvalue weighted by Gasteiger charge is 2.17. The van der Waals surface area contributed by atoms with Crippen molar-refractivity contribution in [3.63, 3.8) is 0 Å². The summed E-state index contributed by atoms with van der Waals surface area (Å²) in [6.45, 7) is 1.80. The molecule has 4 aromatic rings. The number of hydrogen-bond donors (Lipinski definition) is 0. The van der Waals surface area contributed by atoms with Crippen molar-refractivity contribution < 1.29 is 18.7 Å². The molecule has 150 valence electrons. The maximum Gasteiger partial charge on any atom is 0.347 e. The van der Waals surface area contributed by atoms with Gasteiger partial charge < -0.3 is 13.9 Å². The van der Waals surface area contributed by atoms with Crippen molar-refractivity contribution in [1.82, 2.24) is 0 Å². The van der Waals surface area contributed by atoms with Gasteiger partial charge in [0.1, 0.15) is 17.9 Å². The predicted octanol–water partition coefficient (Wildman–Crippen LogP) is 4.97. The first-order chi connectivity index (χ1) is 14.6. The molecule has 1 heterocycles. The van der Waals surface area contributed by atoms with E-state index in [9.17, 15) is 9.59 Å². The number of ether oxygens (including phenoxy) is 2. The zero-order valence-electron chi connectivity index (χ0n) is 16.4. The first-order valence-electron chi connectivity index (χ1n) is 9.61. The van der Waals surface area contributed by atoms with Gasteiger partial charge in [0, 0.05) is 17.5 Å². The van der Waals surface area contributed by atoms with Gasteiger partial charge in [0.25, 0.3) is 0 Å². The van der Waals surface area contributed by atoms with E-state index in [2.05, 4.69) is 0 Å². The lowest BCUT2D eigenvalue weighted by molar-refractivity contribution is -0.152. The lowest BCUT2D eigenvalue weighted by atomic mass is 10.0. The van der Waals surface area contributed by atoms with Crippen molar-refractivity contribution in [1.29, 1.82) is 0 Å². The summed E-state index contributed by atoms with van der Waals surface area (Å²) in [6.07, 6.45) is -0.810. The molecule has 1 atom stereocenters. The van der Waals surface area contributed by atoms with Crippen molar-refractivity contribution in [3.05, 3.63) is 101 Å². The van der Waals surface area contributed by atoms with Gasteiger partial charge in [-0.05, 0) is 35.7 Å². The Morgan fingerprint density at radius 3 is 2.37 bits per heavy atom. The fraction of sp³-hybridized carbons (Fsp3) is 0.120. The molecule has 0 saturated carbocycles. The number of carbonyl (C=O) groups is 1. The molecule has 1 aromatic heterocycles. The number of hydrogen-bond acceptors (Lipinski definition) is 5. The summed E-state index contributed by atoms with van der Waals surface area (Å²) < 4.78 is 16.4. The van der Waals surface area contributed by atoms with Crippen molar-refractivity contribution in [2.45, 2.75) is 19.6 Å². The molecule has 1 unspecified atom stereocenters. The molecular weight excluding hydrogens is 380 g/mol. The van der Waals surface area contributed by atoms with Gasteiger partial charge >= 0.3 is 11.6 Å². The predicted molar refractivity (Wildman–Crippen MR) is 114 cm³/mol. The summed E-state index contributed by atoms with van der Waals surface area (Å²) in [5.74, 6) is -0.0570. The van der Waals surface area contributed by atoms with Gasteiger partial charge in [0.05, 0.1) is 0 Å². The molecule has 0 N–H and O–H groups in total. The lowest BCUT2D eigenvalue weighted by Crippen LogP contribution is -2.26. The van der Waals surface area contributed by atoms with Gasteiger partial charge in [-0.25, -0.2) is 9.59 Å². The molecule has 0 radical (unpaired) electrons. The zero-order chi connectivity index (χ0) is 20.9. The van der Waals surface area contributed by atoms with E-state index in [-0.39, 0.29) is 6.61 Å². The monoisotopic (exact) mass is 400 g/mol. The van der Waals surface area contributed by atoms with Crippen LogP contribution in [0.1, 0.15) is 12.5 Å². The standard InChI is InChI=1S/C25H20O5/c1-17(25(27)28-16-18-8-4-2-5-9-18)29-20-12-13-21-22(19-10-6-3-7-11-19)15-24(26)30-23(21)14-20/h2-15,17H,16H2,1H3. The number of benzene rings is 3. The first kappa shape index (κ1) is 19.5. The second kappa shape index (κ2) is 8.66. The average molecular weight is 400 g/mol. The molecule has 30 heavy (non-hydrogen) atoms. The topological polar surface area (TPSA) is 65.7 Å². The summed E-state index contributed by atoms with van der Waals surface area (Å²) >= 11 is 0. The van der Waals surface area contributed by atoms with Crippen LogP contribution in [0.5, 0.6) is 5.75 Å². The Hall–Kier alpha value is -3.86. The fourth-order valence-corrected chi connectivity index (χ4v) is 3.17. The van der Waals surface area contributed by atoms with Crippen LogP contribution in [0.4, 0.5) is 0 Å². The van der Waals surface area contributed by atoms with E-state index in [4.69, 9.17) is 13.9 Å². The molecule has 0 bridgehead atoms. The Labute approximate surface area is 173 Å². The normalized spacial score (nSPS) is 11.8. The summed E-state index contributed by atoms with van der Waals surface area (Å²) in [6, 6.07) is 25.7. The number of rotatable bonds is 6. The van der Waals surface area contributed by atoms with Crippen molar-refractivity contribution in [2.24, 2.45) is 0 Å². The minimum Gasteiger partial charge on any atom is -0.479 e. The van der Waals surface area contributed by atoms with Gasteiger partial charge in [-0.3, -0.25) is 0 Å². The van der Waals surface area contributed by atoms with Crippen molar-refractivity contribution in [3.8, 4) is 16.9 Å². The Bertz CT molecular complexity index is 1210. The molecule has 0 amide bonds. The minimum atomic E-state index is -0.810. The van der Waals surface area contributed by atoms with Crippen molar-refractivity contribution >= 4 is 16.9 Å². The maximum absolute atomic E-state index is 12.3. The van der Waals surface area contributed by atoms with E-state index in [0.717, 1.165) is 22.1 Å². The summed E-state index contributed by atoms with van der Waals surface area (Å²) in [5.41, 5.74) is 2.54. The molecular formula is C25H20O5. The number of fused-ring (bicyclic) bond motifs is 1. The number of esters is 1. The third-order valence-electron chi connectivity index (χ3n) is 4.67. The van der Waals surface area contributed by atoms with Gasteiger partial charge in [-0.15, -0.1) is 0 Å². The van der Waals surface area contributed by atoms with Crippen LogP contribution in [0.25, 0.3) is 22.1 Å². The molecule has 0 aliphatic rings. The largest absolute Gasteiger partial charge is 0.479 e. The van der Waals surface area contributed by atoms with E-state index < -0.39 is 17.7 Å². The maximum atomic E-state index is 12.3. The SMILES string of the molecule is CC(Oc1ccc2c(-c3ccccc3)cc(=O)oc2c1)C(=O)OCc1ccccc1. The molecule has 0 fully saturated rings. The quantitative estimate of drug-likeness (QED) is 0.338. The molecule has 4 rings (SSSR count). The van der Waals surface area contributed by atoms with Crippen LogP contribution in [0.2, 0.25) is 0 Å². The fourth-order valence-electron chi connectivity index (χ4n) is 3.17. The smallest absolute Gasteiger partial charge is 0.347 e. The van der Waals surface area contributed by atoms with Crippen LogP contribution in [-0.2, 0) is 16.1 Å². The molecule has 0 spiro atoms. The third kappa shape index (κ3) is 4.41. The Morgan fingerprint density at radius 1 is 0.933 bits per heavy atom. The minimum absolute atomic E-state index is 0.181. The molecule has 0 aliphatic carbocycles. The van der Waals surface area contributed by atoms with Gasteiger partial charge in [-0.1, -0.05) is 60.7 Å². The molecule has 0 saturated heterocycles. The van der Waals surface area contributed by atoms with E-state index in [1.165, 1.54) is 6.07 Å². The highest BCUT2D eigenvalue weighted by atomic mass is 16.6.